The number of unbranched alkanes of at least 4 members (excludes halogenated alkanes) is 2. The topological polar surface area (TPSA) is 69.7 Å². The molecule has 0 fully saturated rings. The van der Waals surface area contributed by atoms with Gasteiger partial charge in [0.15, 0.2) is 0 Å². The average molecular weight is 455 g/mol. The summed E-state index contributed by atoms with van der Waals surface area (Å²) in [6, 6.07) is 9.63. The molecule has 6 heteroatoms. The van der Waals surface area contributed by atoms with Crippen LogP contribution in [0.3, 0.4) is 0 Å². The Hall–Kier alpha value is -1.88. The van der Waals surface area contributed by atoms with Crippen molar-refractivity contribution in [2.24, 2.45) is 10.8 Å². The van der Waals surface area contributed by atoms with Gasteiger partial charge in [-0.15, -0.1) is 0 Å². The number of ether oxygens (including phenoxy) is 2. The zero-order valence-electron chi connectivity index (χ0n) is 20.0. The molecule has 0 bridgehead atoms. The molecule has 0 saturated heterocycles. The Morgan fingerprint density at radius 1 is 0.839 bits per heavy atom. The van der Waals surface area contributed by atoms with Crippen molar-refractivity contribution in [2.45, 2.75) is 86.7 Å². The molecule has 0 amide bonds. The second kappa shape index (κ2) is 15.0. The van der Waals surface area contributed by atoms with Crippen LogP contribution in [0.5, 0.6) is 0 Å². The van der Waals surface area contributed by atoms with Crippen molar-refractivity contribution in [1.82, 2.24) is 0 Å². The second-order valence-electron chi connectivity index (χ2n) is 8.84. The van der Waals surface area contributed by atoms with Gasteiger partial charge in [-0.2, -0.15) is 0 Å². The van der Waals surface area contributed by atoms with E-state index in [1.54, 1.807) is 0 Å². The smallest absolute Gasteiger partial charge is 0.311 e. The van der Waals surface area contributed by atoms with Crippen molar-refractivity contribution in [3.8, 4) is 0 Å². The highest BCUT2D eigenvalue weighted by Gasteiger charge is 2.26. The maximum atomic E-state index is 11.8. The molecule has 0 N–H and O–H groups in total. The van der Waals surface area contributed by atoms with E-state index in [1.807, 2.05) is 71.9 Å². The fourth-order valence-electron chi connectivity index (χ4n) is 2.00. The fourth-order valence-corrected chi connectivity index (χ4v) is 2.14. The van der Waals surface area contributed by atoms with Crippen LogP contribution in [0, 0.1) is 10.8 Å². The van der Waals surface area contributed by atoms with E-state index in [2.05, 4.69) is 0 Å². The maximum Gasteiger partial charge on any atom is 0.311 e. The summed E-state index contributed by atoms with van der Waals surface area (Å²) in [6.45, 7) is 12.1. The zero-order valence-corrected chi connectivity index (χ0v) is 20.7. The highest BCUT2D eigenvalue weighted by atomic mass is 35.5. The maximum absolute atomic E-state index is 11.8. The first-order valence-electron chi connectivity index (χ1n) is 11.0. The number of esters is 2. The van der Waals surface area contributed by atoms with Crippen LogP contribution in [0.4, 0.5) is 0 Å². The van der Waals surface area contributed by atoms with E-state index in [9.17, 15) is 14.4 Å². The summed E-state index contributed by atoms with van der Waals surface area (Å²) < 4.78 is 10.5. The zero-order chi connectivity index (χ0) is 23.9. The molecule has 1 aromatic carbocycles. The highest BCUT2D eigenvalue weighted by molar-refractivity contribution is 6.64. The lowest BCUT2D eigenvalue weighted by molar-refractivity contribution is -0.154. The Bertz CT molecular complexity index is 668. The molecule has 5 nitrogen and oxygen atoms in total. The number of rotatable bonds is 12. The first-order chi connectivity index (χ1) is 14.5. The number of hydrogen-bond donors (Lipinski definition) is 0. The van der Waals surface area contributed by atoms with Crippen LogP contribution in [0.25, 0.3) is 0 Å². The lowest BCUT2D eigenvalue weighted by Gasteiger charge is -2.20. The summed E-state index contributed by atoms with van der Waals surface area (Å²) in [6.07, 6.45) is 4.34. The van der Waals surface area contributed by atoms with Crippen LogP contribution in [0.15, 0.2) is 30.3 Å². The summed E-state index contributed by atoms with van der Waals surface area (Å²) in [5.41, 5.74) is 0.245. The lowest BCUT2D eigenvalue weighted by atomic mass is 9.91. The first kappa shape index (κ1) is 29.1. The quantitative estimate of drug-likeness (QED) is 0.206. The number of carbonyl (C=O) groups is 3. The average Bonchev–Trinajstić information content (AvgIpc) is 2.75. The van der Waals surface area contributed by atoms with Gasteiger partial charge >= 0.3 is 11.9 Å². The van der Waals surface area contributed by atoms with Crippen LogP contribution in [-0.4, -0.2) is 23.8 Å². The van der Waals surface area contributed by atoms with Crippen molar-refractivity contribution in [1.29, 1.82) is 0 Å². The van der Waals surface area contributed by atoms with Gasteiger partial charge < -0.3 is 9.47 Å². The van der Waals surface area contributed by atoms with Gasteiger partial charge in [0.1, 0.15) is 6.61 Å². The Kier molecular flexibility index (Phi) is 14.1. The van der Waals surface area contributed by atoms with Crippen LogP contribution >= 0.6 is 11.6 Å². The summed E-state index contributed by atoms with van der Waals surface area (Å²) in [7, 11) is 0. The molecule has 1 aromatic rings. The molecule has 1 rings (SSSR count). The van der Waals surface area contributed by atoms with Gasteiger partial charge in [-0.3, -0.25) is 14.4 Å². The van der Waals surface area contributed by atoms with E-state index in [0.29, 0.717) is 19.6 Å². The van der Waals surface area contributed by atoms with Crippen molar-refractivity contribution in [3.63, 3.8) is 0 Å². The van der Waals surface area contributed by atoms with E-state index < -0.39 is 5.41 Å². The van der Waals surface area contributed by atoms with Crippen molar-refractivity contribution < 1.29 is 23.9 Å². The summed E-state index contributed by atoms with van der Waals surface area (Å²) >= 11 is 5.23. The van der Waals surface area contributed by atoms with Gasteiger partial charge in [0.2, 0.25) is 5.24 Å². The van der Waals surface area contributed by atoms with Gasteiger partial charge in [-0.05, 0) is 63.1 Å². The molecule has 0 radical (unpaired) electrons. The molecular formula is C25H39ClO5. The Labute approximate surface area is 192 Å². The summed E-state index contributed by atoms with van der Waals surface area (Å²) in [5, 5.41) is -0.250. The second-order valence-corrected chi connectivity index (χ2v) is 9.18. The van der Waals surface area contributed by atoms with Crippen LogP contribution in [-0.2, 0) is 30.5 Å². The molecule has 0 atom stereocenters. The van der Waals surface area contributed by atoms with Gasteiger partial charge in [-0.1, -0.05) is 58.0 Å². The standard InChI is InChI=1S/C19H28O4.C6H11ClO/c1-4-19(2,3)18(21)22-14-10-6-9-13-17(20)23-15-16-11-7-5-8-12-16;1-4-6(2,3)5(7)8/h5,7-8,11-12H,4,6,9-10,13-15H2,1-3H3;4H2,1-3H3. The molecule has 0 spiro atoms. The van der Waals surface area contributed by atoms with Gasteiger partial charge in [0, 0.05) is 11.8 Å². The van der Waals surface area contributed by atoms with Crippen molar-refractivity contribution in [2.75, 3.05) is 6.61 Å². The number of halogens is 1. The Morgan fingerprint density at radius 2 is 1.42 bits per heavy atom. The molecule has 0 heterocycles. The van der Waals surface area contributed by atoms with E-state index >= 15 is 0 Å². The SMILES string of the molecule is CCC(C)(C)C(=O)Cl.CCC(C)(C)C(=O)OCCCCCC(=O)OCc1ccccc1. The van der Waals surface area contributed by atoms with Crippen LogP contribution in [0.1, 0.15) is 85.6 Å². The largest absolute Gasteiger partial charge is 0.465 e. The van der Waals surface area contributed by atoms with Gasteiger partial charge in [-0.25, -0.2) is 0 Å². The van der Waals surface area contributed by atoms with Gasteiger partial charge in [0.05, 0.1) is 12.0 Å². The third-order valence-corrected chi connectivity index (χ3v) is 5.87. The van der Waals surface area contributed by atoms with E-state index in [4.69, 9.17) is 21.1 Å². The highest BCUT2D eigenvalue weighted by Crippen LogP contribution is 2.22. The van der Waals surface area contributed by atoms with Gasteiger partial charge in [0.25, 0.3) is 0 Å². The fraction of sp³-hybridized carbons (Fsp3) is 0.640. The third-order valence-electron chi connectivity index (χ3n) is 5.35. The predicted octanol–water partition coefficient (Wildman–Crippen LogP) is 6.46. The molecule has 0 saturated carbocycles. The monoisotopic (exact) mass is 454 g/mol. The van der Waals surface area contributed by atoms with Crippen molar-refractivity contribution >= 4 is 28.8 Å². The summed E-state index contributed by atoms with van der Waals surface area (Å²) in [4.78, 5) is 33.8. The van der Waals surface area contributed by atoms with Crippen LogP contribution in [0.2, 0.25) is 0 Å². The van der Waals surface area contributed by atoms with E-state index in [1.165, 1.54) is 0 Å². The Morgan fingerprint density at radius 3 is 1.90 bits per heavy atom. The first-order valence-corrected chi connectivity index (χ1v) is 11.4. The molecule has 0 aromatic heterocycles. The minimum Gasteiger partial charge on any atom is -0.465 e. The molecule has 31 heavy (non-hydrogen) atoms. The predicted molar refractivity (Wildman–Crippen MR) is 125 cm³/mol. The third kappa shape index (κ3) is 13.2. The van der Waals surface area contributed by atoms with E-state index in [0.717, 1.165) is 37.7 Å². The molecule has 0 unspecified atom stereocenters. The normalized spacial score (nSPS) is 11.2. The lowest BCUT2D eigenvalue weighted by Crippen LogP contribution is -2.26. The Balaban J connectivity index is 0.000000954. The minimum atomic E-state index is -0.415. The van der Waals surface area contributed by atoms with Crippen molar-refractivity contribution in [3.05, 3.63) is 35.9 Å². The molecule has 0 aliphatic heterocycles. The molecule has 0 aliphatic rings. The number of benzene rings is 1. The number of carbonyl (C=O) groups excluding carboxylic acids is 3. The number of hydrogen-bond acceptors (Lipinski definition) is 5. The summed E-state index contributed by atoms with van der Waals surface area (Å²) in [5.74, 6) is -0.333. The molecule has 176 valence electrons. The van der Waals surface area contributed by atoms with E-state index in [-0.39, 0.29) is 22.6 Å². The minimum absolute atomic E-state index is 0.151. The molecular weight excluding hydrogens is 416 g/mol. The molecule has 0 aliphatic carbocycles. The van der Waals surface area contributed by atoms with Crippen LogP contribution < -0.4 is 0 Å².